The van der Waals surface area contributed by atoms with Crippen LogP contribution in [0.2, 0.25) is 0 Å². The van der Waals surface area contributed by atoms with Crippen LogP contribution in [0.5, 0.6) is 0 Å². The largest absolute Gasteiger partial charge is 0.361 e. The van der Waals surface area contributed by atoms with Crippen LogP contribution in [0.15, 0.2) is 0 Å². The summed E-state index contributed by atoms with van der Waals surface area (Å²) in [6, 6.07) is 0. The quantitative estimate of drug-likeness (QED) is 0.582. The lowest BCUT2D eigenvalue weighted by Gasteiger charge is -2.14. The lowest BCUT2D eigenvalue weighted by Crippen LogP contribution is -2.22. The summed E-state index contributed by atoms with van der Waals surface area (Å²) in [6.07, 6.45) is 1.96. The van der Waals surface area contributed by atoms with E-state index in [1.54, 1.807) is 6.92 Å². The lowest BCUT2D eigenvalue weighted by molar-refractivity contribution is -0.109. The zero-order valence-electron chi connectivity index (χ0n) is 5.02. The molecule has 0 radical (unpaired) electrons. The minimum Gasteiger partial charge on any atom is -0.361 e. The summed E-state index contributed by atoms with van der Waals surface area (Å²) in [5.74, 6) is -1.90. The molecule has 0 aromatic carbocycles. The normalized spacial score (nSPS) is 27.4. The topological polar surface area (TPSA) is 20.2 Å². The van der Waals surface area contributed by atoms with E-state index in [-0.39, 0.29) is 12.3 Å². The summed E-state index contributed by atoms with van der Waals surface area (Å²) in [6.45, 7) is 1.66. The third-order valence-electron chi connectivity index (χ3n) is 1.70. The summed E-state index contributed by atoms with van der Waals surface area (Å²) >= 11 is 0. The maximum atomic E-state index is 12.6. The van der Waals surface area contributed by atoms with Gasteiger partial charge >= 0.3 is 0 Å². The molecule has 0 spiro atoms. The molecule has 0 aliphatic heterocycles. The van der Waals surface area contributed by atoms with Gasteiger partial charge in [0.25, 0.3) is 0 Å². The Morgan fingerprint density at radius 1 is 1.75 bits per heavy atom. The first kappa shape index (κ1) is 6.02. The van der Waals surface area contributed by atoms with E-state index in [1.807, 2.05) is 0 Å². The Balaban J connectivity index is 2.37. The first-order valence-electron chi connectivity index (χ1n) is 3.08. The molecule has 2 heteroatoms. The van der Waals surface area contributed by atoms with Crippen molar-refractivity contribution < 1.29 is 9.50 Å². The van der Waals surface area contributed by atoms with Gasteiger partial charge in [-0.1, -0.05) is 6.92 Å². The first-order valence-corrected chi connectivity index (χ1v) is 3.08. The van der Waals surface area contributed by atoms with Gasteiger partial charge in [0.05, 0.1) is 0 Å². The van der Waals surface area contributed by atoms with E-state index in [9.17, 15) is 4.39 Å². The number of rotatable bonds is 2. The maximum Gasteiger partial charge on any atom is 0.209 e. The van der Waals surface area contributed by atoms with E-state index in [4.69, 9.17) is 5.11 Å². The van der Waals surface area contributed by atoms with Crippen molar-refractivity contribution in [1.29, 1.82) is 0 Å². The van der Waals surface area contributed by atoms with Gasteiger partial charge in [-0.15, -0.1) is 0 Å². The van der Waals surface area contributed by atoms with Crippen LogP contribution in [0.3, 0.4) is 0 Å². The third kappa shape index (κ3) is 0.996. The van der Waals surface area contributed by atoms with E-state index in [1.165, 1.54) is 0 Å². The molecular weight excluding hydrogens is 107 g/mol. The Kier molecular flexibility index (Phi) is 1.27. The Labute approximate surface area is 48.5 Å². The first-order chi connectivity index (χ1) is 3.67. The van der Waals surface area contributed by atoms with Gasteiger partial charge in [0, 0.05) is 12.3 Å². The molecule has 0 saturated heterocycles. The maximum absolute atomic E-state index is 12.6. The molecule has 1 unspecified atom stereocenters. The fraction of sp³-hybridized carbons (Fsp3) is 1.00. The van der Waals surface area contributed by atoms with Crippen molar-refractivity contribution in [3.63, 3.8) is 0 Å². The van der Waals surface area contributed by atoms with Crippen molar-refractivity contribution in [1.82, 2.24) is 0 Å². The van der Waals surface area contributed by atoms with Crippen LogP contribution in [0.1, 0.15) is 26.2 Å². The molecule has 1 atom stereocenters. The summed E-state index contributed by atoms with van der Waals surface area (Å²) in [5.41, 5.74) is 0. The molecule has 0 amide bonds. The predicted octanol–water partition coefficient (Wildman–Crippen LogP) is 1.46. The van der Waals surface area contributed by atoms with Crippen molar-refractivity contribution >= 4 is 0 Å². The highest BCUT2D eigenvalue weighted by Gasteiger charge is 2.42. The summed E-state index contributed by atoms with van der Waals surface area (Å²) in [4.78, 5) is 0. The predicted molar refractivity (Wildman–Crippen MR) is 29.1 cm³/mol. The minimum absolute atomic E-state index is 0.0486. The molecule has 1 N–H and O–H groups in total. The van der Waals surface area contributed by atoms with Crippen LogP contribution < -0.4 is 0 Å². The zero-order chi connectivity index (χ0) is 6.20. The summed E-state index contributed by atoms with van der Waals surface area (Å²) < 4.78 is 12.6. The average molecular weight is 118 g/mol. The van der Waals surface area contributed by atoms with Crippen LogP contribution in [0.25, 0.3) is 0 Å². The van der Waals surface area contributed by atoms with Gasteiger partial charge in [0.1, 0.15) is 0 Å². The summed E-state index contributed by atoms with van der Waals surface area (Å²) in [5, 5.41) is 8.80. The second-order valence-corrected chi connectivity index (χ2v) is 2.45. The van der Waals surface area contributed by atoms with Gasteiger partial charge in [0.15, 0.2) is 0 Å². The molecule has 48 valence electrons. The highest BCUT2D eigenvalue weighted by molar-refractivity contribution is 4.85. The standard InChI is InChI=1S/C6H11FO/c1-2-6(7,8)5-3-4-5/h5,8H,2-4H2,1H3. The minimum atomic E-state index is -1.85. The Morgan fingerprint density at radius 3 is 2.38 bits per heavy atom. The Hall–Kier alpha value is -0.110. The van der Waals surface area contributed by atoms with Gasteiger partial charge in [-0.3, -0.25) is 0 Å². The molecule has 1 nitrogen and oxygen atoms in total. The molecule has 1 rings (SSSR count). The van der Waals surface area contributed by atoms with Crippen molar-refractivity contribution in [2.24, 2.45) is 5.92 Å². The molecule has 0 heterocycles. The van der Waals surface area contributed by atoms with Gasteiger partial charge in [-0.05, 0) is 12.8 Å². The van der Waals surface area contributed by atoms with Crippen molar-refractivity contribution in [3.8, 4) is 0 Å². The highest BCUT2D eigenvalue weighted by Crippen LogP contribution is 2.42. The van der Waals surface area contributed by atoms with E-state index >= 15 is 0 Å². The number of aliphatic hydroxyl groups is 1. The van der Waals surface area contributed by atoms with Crippen molar-refractivity contribution in [2.45, 2.75) is 32.0 Å². The van der Waals surface area contributed by atoms with Crippen molar-refractivity contribution in [2.75, 3.05) is 0 Å². The fourth-order valence-electron chi connectivity index (χ4n) is 0.814. The van der Waals surface area contributed by atoms with Crippen LogP contribution >= 0.6 is 0 Å². The SMILES string of the molecule is CCC(O)(F)C1CC1. The third-order valence-corrected chi connectivity index (χ3v) is 1.70. The second kappa shape index (κ2) is 1.69. The molecule has 8 heavy (non-hydrogen) atoms. The van der Waals surface area contributed by atoms with E-state index in [2.05, 4.69) is 0 Å². The van der Waals surface area contributed by atoms with Crippen LogP contribution in [0, 0.1) is 5.92 Å². The molecular formula is C6H11FO. The molecule has 1 aliphatic carbocycles. The lowest BCUT2D eigenvalue weighted by atomic mass is 10.1. The Morgan fingerprint density at radius 2 is 2.25 bits per heavy atom. The highest BCUT2D eigenvalue weighted by atomic mass is 19.2. The number of hydrogen-bond donors (Lipinski definition) is 1. The van der Waals surface area contributed by atoms with Gasteiger partial charge < -0.3 is 5.11 Å². The van der Waals surface area contributed by atoms with Crippen LogP contribution in [-0.4, -0.2) is 11.0 Å². The Bertz CT molecular complexity index is 86.5. The number of alkyl halides is 1. The molecule has 0 bridgehead atoms. The molecule has 1 saturated carbocycles. The van der Waals surface area contributed by atoms with E-state index in [0.717, 1.165) is 12.8 Å². The fourth-order valence-corrected chi connectivity index (χ4v) is 0.814. The number of hydrogen-bond acceptors (Lipinski definition) is 1. The van der Waals surface area contributed by atoms with Gasteiger partial charge in [-0.25, -0.2) is 4.39 Å². The van der Waals surface area contributed by atoms with E-state index in [0.29, 0.717) is 0 Å². The molecule has 0 aromatic heterocycles. The molecule has 1 fully saturated rings. The average Bonchev–Trinajstić information content (AvgIpc) is 2.44. The smallest absolute Gasteiger partial charge is 0.209 e. The van der Waals surface area contributed by atoms with Crippen molar-refractivity contribution in [3.05, 3.63) is 0 Å². The number of halogens is 1. The van der Waals surface area contributed by atoms with Crippen LogP contribution in [0.4, 0.5) is 4.39 Å². The summed E-state index contributed by atoms with van der Waals surface area (Å²) in [7, 11) is 0. The second-order valence-electron chi connectivity index (χ2n) is 2.45. The monoisotopic (exact) mass is 118 g/mol. The van der Waals surface area contributed by atoms with E-state index < -0.39 is 5.85 Å². The van der Waals surface area contributed by atoms with Crippen LogP contribution in [-0.2, 0) is 0 Å². The van der Waals surface area contributed by atoms with Gasteiger partial charge in [-0.2, -0.15) is 0 Å². The molecule has 0 aromatic rings. The molecule has 1 aliphatic rings. The van der Waals surface area contributed by atoms with Gasteiger partial charge in [0.2, 0.25) is 5.85 Å². The zero-order valence-corrected chi connectivity index (χ0v) is 5.02.